The van der Waals surface area contributed by atoms with Gasteiger partial charge in [0.05, 0.1) is 25.4 Å². The van der Waals surface area contributed by atoms with E-state index < -0.39 is 0 Å². The van der Waals surface area contributed by atoms with Gasteiger partial charge in [-0.1, -0.05) is 62.1 Å². The third-order valence-electron chi connectivity index (χ3n) is 5.84. The first kappa shape index (κ1) is 21.6. The summed E-state index contributed by atoms with van der Waals surface area (Å²) in [6.45, 7) is 3.52. The van der Waals surface area contributed by atoms with Crippen molar-refractivity contribution in [2.24, 2.45) is 0 Å². The van der Waals surface area contributed by atoms with Gasteiger partial charge in [0.25, 0.3) is 0 Å². The van der Waals surface area contributed by atoms with Crippen molar-refractivity contribution in [3.05, 3.63) is 64.7 Å². The van der Waals surface area contributed by atoms with E-state index >= 15 is 0 Å². The van der Waals surface area contributed by atoms with Crippen LogP contribution in [0.3, 0.4) is 0 Å². The molecule has 0 spiro atoms. The maximum atomic E-state index is 6.28. The van der Waals surface area contributed by atoms with E-state index in [9.17, 15) is 0 Å². The first-order valence-electron chi connectivity index (χ1n) is 11.1. The second kappa shape index (κ2) is 10.6. The third kappa shape index (κ3) is 5.55. The maximum Gasteiger partial charge on any atom is 0.184 e. The van der Waals surface area contributed by atoms with Crippen LogP contribution < -0.4 is 4.74 Å². The van der Waals surface area contributed by atoms with Crippen LogP contribution in [0.5, 0.6) is 5.75 Å². The van der Waals surface area contributed by atoms with Crippen LogP contribution in [0.2, 0.25) is 5.02 Å². The average molecular weight is 431 g/mol. The molecule has 0 bridgehead atoms. The minimum absolute atomic E-state index is 0.0404. The molecule has 0 aromatic heterocycles. The molecule has 2 aliphatic heterocycles. The third-order valence-corrected chi connectivity index (χ3v) is 6.09. The molecule has 2 heterocycles. The number of hydrogen-bond donors (Lipinski definition) is 0. The van der Waals surface area contributed by atoms with E-state index in [-0.39, 0.29) is 24.6 Å². The van der Waals surface area contributed by atoms with Crippen LogP contribution in [0.4, 0.5) is 0 Å². The number of ether oxygens (including phenoxy) is 4. The highest BCUT2D eigenvalue weighted by Gasteiger charge is 2.38. The summed E-state index contributed by atoms with van der Waals surface area (Å²) in [6, 6.07) is 16.0. The number of hydrogen-bond acceptors (Lipinski definition) is 4. The summed E-state index contributed by atoms with van der Waals surface area (Å²) in [5, 5.41) is 0.743. The molecule has 0 saturated carbocycles. The van der Waals surface area contributed by atoms with Crippen molar-refractivity contribution in [2.75, 3.05) is 13.2 Å². The van der Waals surface area contributed by atoms with Crippen LogP contribution in [-0.4, -0.2) is 25.4 Å². The van der Waals surface area contributed by atoms with Gasteiger partial charge in [-0.05, 0) is 49.1 Å². The van der Waals surface area contributed by atoms with Crippen LogP contribution in [0.25, 0.3) is 0 Å². The summed E-state index contributed by atoms with van der Waals surface area (Å²) >= 11 is 6.00. The van der Waals surface area contributed by atoms with Crippen molar-refractivity contribution in [1.82, 2.24) is 0 Å². The van der Waals surface area contributed by atoms with Gasteiger partial charge in [0.15, 0.2) is 6.29 Å². The number of rotatable bonds is 8. The molecule has 2 aromatic carbocycles. The van der Waals surface area contributed by atoms with Gasteiger partial charge < -0.3 is 18.9 Å². The SMILES string of the molecule is CCCCCCOc1ccc(C2OC[C@H]3O[C@@H](c4ccc(Cl)cc4)CC[C@@H]3O2)cc1. The maximum absolute atomic E-state index is 6.28. The smallest absolute Gasteiger partial charge is 0.184 e. The van der Waals surface area contributed by atoms with Crippen LogP contribution in [0.15, 0.2) is 48.5 Å². The van der Waals surface area contributed by atoms with Gasteiger partial charge >= 0.3 is 0 Å². The van der Waals surface area contributed by atoms with Crippen molar-refractivity contribution in [3.63, 3.8) is 0 Å². The quantitative estimate of drug-likeness (QED) is 0.440. The van der Waals surface area contributed by atoms with Crippen molar-refractivity contribution >= 4 is 11.6 Å². The zero-order valence-corrected chi connectivity index (χ0v) is 18.4. The molecule has 2 aliphatic rings. The fourth-order valence-electron chi connectivity index (χ4n) is 4.09. The standard InChI is InChI=1S/C25H31ClO4/c1-2-3-4-5-16-27-21-12-8-19(9-13-21)25-28-17-24-23(30-25)15-14-22(29-24)18-6-10-20(26)11-7-18/h6-13,22-25H,2-5,14-17H2,1H3/t22-,23+,24-,25?/m1/s1. The Hall–Kier alpha value is -1.59. The zero-order valence-electron chi connectivity index (χ0n) is 17.6. The molecule has 4 rings (SSSR count). The Labute approximate surface area is 184 Å². The van der Waals surface area contributed by atoms with Crippen molar-refractivity contribution in [3.8, 4) is 5.75 Å². The first-order valence-corrected chi connectivity index (χ1v) is 11.5. The van der Waals surface area contributed by atoms with Gasteiger partial charge in [0.1, 0.15) is 11.9 Å². The zero-order chi connectivity index (χ0) is 20.8. The topological polar surface area (TPSA) is 36.9 Å². The lowest BCUT2D eigenvalue weighted by Gasteiger charge is -2.42. The van der Waals surface area contributed by atoms with E-state index in [2.05, 4.69) is 6.92 Å². The number of benzene rings is 2. The molecule has 2 aromatic rings. The van der Waals surface area contributed by atoms with Gasteiger partial charge in [-0.2, -0.15) is 0 Å². The monoisotopic (exact) mass is 430 g/mol. The van der Waals surface area contributed by atoms with Gasteiger partial charge in [-0.15, -0.1) is 0 Å². The van der Waals surface area contributed by atoms with E-state index in [1.54, 1.807) is 0 Å². The Morgan fingerprint density at radius 3 is 2.40 bits per heavy atom. The fraction of sp³-hybridized carbons (Fsp3) is 0.520. The summed E-state index contributed by atoms with van der Waals surface area (Å²) in [6.07, 6.45) is 6.46. The lowest BCUT2D eigenvalue weighted by Crippen LogP contribution is -2.45. The highest BCUT2D eigenvalue weighted by Crippen LogP contribution is 2.38. The van der Waals surface area contributed by atoms with E-state index in [1.165, 1.54) is 19.3 Å². The molecular formula is C25H31ClO4. The van der Waals surface area contributed by atoms with E-state index in [4.69, 9.17) is 30.5 Å². The Bertz CT molecular complexity index is 777. The molecule has 0 amide bonds. The average Bonchev–Trinajstić information content (AvgIpc) is 2.79. The highest BCUT2D eigenvalue weighted by atomic mass is 35.5. The minimum atomic E-state index is -0.347. The Balaban J connectivity index is 1.27. The summed E-state index contributed by atoms with van der Waals surface area (Å²) < 4.78 is 24.3. The Morgan fingerprint density at radius 2 is 1.63 bits per heavy atom. The predicted octanol–water partition coefficient (Wildman–Crippen LogP) is 6.63. The first-order chi connectivity index (χ1) is 14.7. The fourth-order valence-corrected chi connectivity index (χ4v) is 4.21. The van der Waals surface area contributed by atoms with E-state index in [1.807, 2.05) is 48.5 Å². The van der Waals surface area contributed by atoms with E-state index in [0.29, 0.717) is 6.61 Å². The van der Waals surface area contributed by atoms with Crippen LogP contribution >= 0.6 is 11.6 Å². The molecule has 0 radical (unpaired) electrons. The Morgan fingerprint density at radius 1 is 0.867 bits per heavy atom. The second-order valence-corrected chi connectivity index (χ2v) is 8.55. The van der Waals surface area contributed by atoms with Crippen LogP contribution in [0.1, 0.15) is 69.0 Å². The molecule has 5 heteroatoms. The summed E-state index contributed by atoms with van der Waals surface area (Å²) in [4.78, 5) is 0. The normalized spacial score (nSPS) is 26.2. The molecule has 0 aliphatic carbocycles. The molecule has 4 atom stereocenters. The lowest BCUT2D eigenvalue weighted by molar-refractivity contribution is -0.289. The molecule has 30 heavy (non-hydrogen) atoms. The van der Waals surface area contributed by atoms with Crippen LogP contribution in [-0.2, 0) is 14.2 Å². The van der Waals surface area contributed by atoms with Gasteiger partial charge in [-0.25, -0.2) is 0 Å². The summed E-state index contributed by atoms with van der Waals surface area (Å²) in [7, 11) is 0. The van der Waals surface area contributed by atoms with Crippen molar-refractivity contribution in [2.45, 2.75) is 70.1 Å². The van der Waals surface area contributed by atoms with Gasteiger partial charge in [0.2, 0.25) is 0 Å². The molecule has 0 N–H and O–H groups in total. The molecule has 2 fully saturated rings. The number of unbranched alkanes of at least 4 members (excludes halogenated alkanes) is 3. The predicted molar refractivity (Wildman–Crippen MR) is 118 cm³/mol. The molecule has 1 unspecified atom stereocenters. The number of fused-ring (bicyclic) bond motifs is 1. The largest absolute Gasteiger partial charge is 0.494 e. The second-order valence-electron chi connectivity index (χ2n) is 8.11. The summed E-state index contributed by atoms with van der Waals surface area (Å²) in [5.41, 5.74) is 2.18. The van der Waals surface area contributed by atoms with E-state index in [0.717, 1.165) is 47.8 Å². The molecular weight excluding hydrogens is 400 g/mol. The lowest BCUT2D eigenvalue weighted by atomic mass is 9.96. The van der Waals surface area contributed by atoms with Gasteiger partial charge in [-0.3, -0.25) is 0 Å². The van der Waals surface area contributed by atoms with Gasteiger partial charge in [0, 0.05) is 10.6 Å². The summed E-state index contributed by atoms with van der Waals surface area (Å²) in [5.74, 6) is 0.899. The van der Waals surface area contributed by atoms with Crippen LogP contribution in [0, 0.1) is 0 Å². The van der Waals surface area contributed by atoms with Crippen molar-refractivity contribution in [1.29, 1.82) is 0 Å². The number of halogens is 1. The Kier molecular flexibility index (Phi) is 7.67. The molecule has 162 valence electrons. The minimum Gasteiger partial charge on any atom is -0.494 e. The molecule has 4 nitrogen and oxygen atoms in total. The molecule has 2 saturated heterocycles. The highest BCUT2D eigenvalue weighted by molar-refractivity contribution is 6.30. The van der Waals surface area contributed by atoms with Crippen molar-refractivity contribution < 1.29 is 18.9 Å².